The molecule has 2 atom stereocenters. The van der Waals surface area contributed by atoms with Gasteiger partial charge in [-0.1, -0.05) is 20.8 Å². The number of hydrogen-bond donors (Lipinski definition) is 2. The number of hydrogen-bond acceptors (Lipinski definition) is 3. The molecule has 0 aromatic rings. The number of amides is 1. The Morgan fingerprint density at radius 3 is 2.33 bits per heavy atom. The second-order valence-corrected chi connectivity index (χ2v) is 6.40. The van der Waals surface area contributed by atoms with Gasteiger partial charge in [-0.15, -0.1) is 0 Å². The molecule has 0 rings (SSSR count). The van der Waals surface area contributed by atoms with E-state index in [2.05, 4.69) is 20.8 Å². The van der Waals surface area contributed by atoms with Crippen LogP contribution in [0.25, 0.3) is 0 Å². The first-order chi connectivity index (χ1) is 6.75. The van der Waals surface area contributed by atoms with Gasteiger partial charge in [0.2, 0.25) is 5.91 Å². The lowest BCUT2D eigenvalue weighted by Crippen LogP contribution is -2.50. The van der Waals surface area contributed by atoms with Gasteiger partial charge < -0.3 is 11.5 Å². The molecule has 4 heteroatoms. The Balaban J connectivity index is 3.83. The van der Waals surface area contributed by atoms with Crippen molar-refractivity contribution in [2.45, 2.75) is 51.3 Å². The maximum Gasteiger partial charge on any atom is 0.237 e. The molecule has 0 aliphatic heterocycles. The fourth-order valence-electron chi connectivity index (χ4n) is 1.26. The zero-order chi connectivity index (χ0) is 12.1. The molecule has 0 aromatic carbocycles. The number of thioether (sulfide) groups is 1. The second kappa shape index (κ2) is 6.38. The van der Waals surface area contributed by atoms with E-state index in [0.717, 1.165) is 11.7 Å². The molecule has 15 heavy (non-hydrogen) atoms. The van der Waals surface area contributed by atoms with Crippen molar-refractivity contribution in [1.29, 1.82) is 0 Å². The van der Waals surface area contributed by atoms with Gasteiger partial charge in [0.1, 0.15) is 0 Å². The Labute approximate surface area is 97.4 Å². The summed E-state index contributed by atoms with van der Waals surface area (Å²) in [5.74, 6) is 1.43. The highest BCUT2D eigenvalue weighted by molar-refractivity contribution is 7.99. The van der Waals surface area contributed by atoms with E-state index in [-0.39, 0.29) is 0 Å². The highest BCUT2D eigenvalue weighted by atomic mass is 32.2. The highest BCUT2D eigenvalue weighted by Crippen LogP contribution is 2.21. The monoisotopic (exact) mass is 232 g/mol. The van der Waals surface area contributed by atoms with Gasteiger partial charge in [-0.2, -0.15) is 11.8 Å². The van der Waals surface area contributed by atoms with E-state index in [1.165, 1.54) is 6.42 Å². The van der Waals surface area contributed by atoms with Crippen LogP contribution in [0.2, 0.25) is 0 Å². The van der Waals surface area contributed by atoms with E-state index < -0.39 is 11.4 Å². The van der Waals surface area contributed by atoms with Crippen molar-refractivity contribution in [1.82, 2.24) is 0 Å². The van der Waals surface area contributed by atoms with Crippen LogP contribution in [0.3, 0.4) is 0 Å². The van der Waals surface area contributed by atoms with Gasteiger partial charge in [0, 0.05) is 5.25 Å². The van der Waals surface area contributed by atoms with Crippen LogP contribution in [-0.2, 0) is 4.79 Å². The van der Waals surface area contributed by atoms with E-state index in [4.69, 9.17) is 11.5 Å². The molecule has 1 amide bonds. The molecule has 0 saturated carbocycles. The lowest BCUT2D eigenvalue weighted by Gasteiger charge is -2.24. The Kier molecular flexibility index (Phi) is 6.29. The molecule has 0 aromatic heterocycles. The first-order valence-corrected chi connectivity index (χ1v) is 6.51. The quantitative estimate of drug-likeness (QED) is 0.702. The molecule has 0 saturated heterocycles. The Morgan fingerprint density at radius 1 is 1.40 bits per heavy atom. The standard InChI is InChI=1S/C11H24N2OS/c1-8(2)5-6-15-9(3)7-11(4,13)10(12)14/h8-9H,5-7,13H2,1-4H3,(H2,12,14). The van der Waals surface area contributed by atoms with Gasteiger partial charge >= 0.3 is 0 Å². The summed E-state index contributed by atoms with van der Waals surface area (Å²) in [7, 11) is 0. The molecule has 0 heterocycles. The highest BCUT2D eigenvalue weighted by Gasteiger charge is 2.27. The van der Waals surface area contributed by atoms with Crippen molar-refractivity contribution in [2.24, 2.45) is 17.4 Å². The zero-order valence-corrected chi connectivity index (χ0v) is 11.1. The van der Waals surface area contributed by atoms with Crippen molar-refractivity contribution in [3.63, 3.8) is 0 Å². The van der Waals surface area contributed by atoms with Crippen molar-refractivity contribution >= 4 is 17.7 Å². The lowest BCUT2D eigenvalue weighted by molar-refractivity contribution is -0.122. The largest absolute Gasteiger partial charge is 0.368 e. The van der Waals surface area contributed by atoms with Crippen LogP contribution in [0.4, 0.5) is 0 Å². The zero-order valence-electron chi connectivity index (χ0n) is 10.2. The summed E-state index contributed by atoms with van der Waals surface area (Å²) in [6.45, 7) is 8.22. The first kappa shape index (κ1) is 14.8. The minimum absolute atomic E-state index is 0.381. The summed E-state index contributed by atoms with van der Waals surface area (Å²) in [6, 6.07) is 0. The van der Waals surface area contributed by atoms with Crippen LogP contribution in [-0.4, -0.2) is 22.4 Å². The molecule has 0 spiro atoms. The molecule has 0 fully saturated rings. The third kappa shape index (κ3) is 6.79. The van der Waals surface area contributed by atoms with E-state index in [1.807, 2.05) is 11.8 Å². The fourth-order valence-corrected chi connectivity index (χ4v) is 2.74. The Bertz CT molecular complexity index is 205. The molecule has 0 aliphatic rings. The fraction of sp³-hybridized carbons (Fsp3) is 0.909. The average Bonchev–Trinajstić information content (AvgIpc) is 2.01. The summed E-state index contributed by atoms with van der Waals surface area (Å²) in [5, 5.41) is 0.381. The van der Waals surface area contributed by atoms with Gasteiger partial charge in [-0.25, -0.2) is 0 Å². The van der Waals surface area contributed by atoms with Gasteiger partial charge in [0.25, 0.3) is 0 Å². The smallest absolute Gasteiger partial charge is 0.237 e. The third-order valence-corrected chi connectivity index (χ3v) is 3.58. The summed E-state index contributed by atoms with van der Waals surface area (Å²) < 4.78 is 0. The van der Waals surface area contributed by atoms with Gasteiger partial charge in [-0.3, -0.25) is 4.79 Å². The molecule has 0 radical (unpaired) electrons. The molecular formula is C11H24N2OS. The van der Waals surface area contributed by atoms with Crippen molar-refractivity contribution in [3.05, 3.63) is 0 Å². The maximum atomic E-state index is 11.0. The van der Waals surface area contributed by atoms with E-state index in [0.29, 0.717) is 11.7 Å². The number of carbonyl (C=O) groups excluding carboxylic acids is 1. The minimum atomic E-state index is -0.871. The molecule has 3 nitrogen and oxygen atoms in total. The Hall–Kier alpha value is -0.220. The van der Waals surface area contributed by atoms with Crippen molar-refractivity contribution in [2.75, 3.05) is 5.75 Å². The summed E-state index contributed by atoms with van der Waals surface area (Å²) in [5.41, 5.74) is 10.2. The predicted octanol–water partition coefficient (Wildman–Crippen LogP) is 1.75. The second-order valence-electron chi connectivity index (χ2n) is 4.85. The van der Waals surface area contributed by atoms with Crippen molar-refractivity contribution < 1.29 is 4.79 Å². The van der Waals surface area contributed by atoms with Crippen LogP contribution in [0.15, 0.2) is 0 Å². The number of primary amides is 1. The third-order valence-electron chi connectivity index (χ3n) is 2.37. The molecule has 0 aliphatic carbocycles. The summed E-state index contributed by atoms with van der Waals surface area (Å²) in [4.78, 5) is 11.0. The van der Waals surface area contributed by atoms with Crippen LogP contribution in [0, 0.1) is 5.92 Å². The molecule has 0 bridgehead atoms. The van der Waals surface area contributed by atoms with E-state index in [1.54, 1.807) is 6.92 Å². The van der Waals surface area contributed by atoms with E-state index >= 15 is 0 Å². The van der Waals surface area contributed by atoms with Gasteiger partial charge in [0.05, 0.1) is 5.54 Å². The number of carbonyl (C=O) groups is 1. The SMILES string of the molecule is CC(C)CCSC(C)CC(C)(N)C(N)=O. The van der Waals surface area contributed by atoms with E-state index in [9.17, 15) is 4.79 Å². The van der Waals surface area contributed by atoms with Gasteiger partial charge in [-0.05, 0) is 31.4 Å². The Morgan fingerprint density at radius 2 is 1.93 bits per heavy atom. The predicted molar refractivity (Wildman–Crippen MR) is 67.8 cm³/mol. The van der Waals surface area contributed by atoms with Gasteiger partial charge in [0.15, 0.2) is 0 Å². The van der Waals surface area contributed by atoms with Crippen LogP contribution >= 0.6 is 11.8 Å². The minimum Gasteiger partial charge on any atom is -0.368 e. The normalized spacial score (nSPS) is 17.5. The number of rotatable bonds is 7. The maximum absolute atomic E-state index is 11.0. The molecule has 4 N–H and O–H groups in total. The van der Waals surface area contributed by atoms with Crippen LogP contribution < -0.4 is 11.5 Å². The molecule has 2 unspecified atom stereocenters. The van der Waals surface area contributed by atoms with Crippen LogP contribution in [0.1, 0.15) is 40.5 Å². The summed E-state index contributed by atoms with van der Waals surface area (Å²) in [6.07, 6.45) is 1.85. The average molecular weight is 232 g/mol. The number of nitrogens with two attached hydrogens (primary N) is 2. The van der Waals surface area contributed by atoms with Crippen molar-refractivity contribution in [3.8, 4) is 0 Å². The molecule has 90 valence electrons. The topological polar surface area (TPSA) is 69.1 Å². The first-order valence-electron chi connectivity index (χ1n) is 5.46. The molecular weight excluding hydrogens is 208 g/mol. The lowest BCUT2D eigenvalue weighted by atomic mass is 9.97. The summed E-state index contributed by atoms with van der Waals surface area (Å²) >= 11 is 1.86. The van der Waals surface area contributed by atoms with Crippen LogP contribution in [0.5, 0.6) is 0 Å².